The number of hydrogen-bond donors (Lipinski definition) is 2. The van der Waals surface area contributed by atoms with E-state index in [1.807, 2.05) is 31.2 Å². The van der Waals surface area contributed by atoms with E-state index in [2.05, 4.69) is 10.6 Å². The lowest BCUT2D eigenvalue weighted by atomic mass is 10.1. The van der Waals surface area contributed by atoms with E-state index >= 15 is 0 Å². The van der Waals surface area contributed by atoms with Crippen LogP contribution >= 0.6 is 0 Å². The molecule has 0 unspecified atom stereocenters. The zero-order valence-corrected chi connectivity index (χ0v) is 14.5. The van der Waals surface area contributed by atoms with Gasteiger partial charge in [0.1, 0.15) is 5.76 Å². The van der Waals surface area contributed by atoms with Crippen LogP contribution in [0.15, 0.2) is 71.3 Å². The summed E-state index contributed by atoms with van der Waals surface area (Å²) in [6.07, 6.45) is 2.38. The number of amides is 2. The molecule has 3 aromatic rings. The van der Waals surface area contributed by atoms with Gasteiger partial charge in [0.2, 0.25) is 0 Å². The van der Waals surface area contributed by atoms with Gasteiger partial charge in [-0.15, -0.1) is 0 Å². The highest BCUT2D eigenvalue weighted by Crippen LogP contribution is 2.17. The van der Waals surface area contributed by atoms with Crippen molar-refractivity contribution in [3.63, 3.8) is 0 Å². The highest BCUT2D eigenvalue weighted by atomic mass is 16.3. The standard InChI is InChI=1S/C21H20N2O3/c1-2-15-7-3-4-11-19(15)23-21(25)17-9-5-8-16(13-17)20(24)22-14-18-10-6-12-26-18/h3-13H,2,14H2,1H3,(H,22,24)(H,23,25). The molecule has 1 aromatic heterocycles. The first kappa shape index (κ1) is 17.5. The maximum atomic E-state index is 12.5. The molecule has 132 valence electrons. The summed E-state index contributed by atoms with van der Waals surface area (Å²) >= 11 is 0. The van der Waals surface area contributed by atoms with Crippen molar-refractivity contribution >= 4 is 17.5 Å². The fourth-order valence-electron chi connectivity index (χ4n) is 2.63. The molecule has 0 aliphatic heterocycles. The summed E-state index contributed by atoms with van der Waals surface area (Å²) in [5, 5.41) is 5.68. The van der Waals surface area contributed by atoms with Crippen LogP contribution < -0.4 is 10.6 Å². The molecule has 5 heteroatoms. The second-order valence-electron chi connectivity index (χ2n) is 5.81. The van der Waals surface area contributed by atoms with E-state index in [1.54, 1.807) is 42.7 Å². The largest absolute Gasteiger partial charge is 0.467 e. The molecule has 2 aromatic carbocycles. The number of rotatable bonds is 6. The molecule has 0 aliphatic rings. The Morgan fingerprint density at radius 2 is 1.69 bits per heavy atom. The number of hydrogen-bond acceptors (Lipinski definition) is 3. The lowest BCUT2D eigenvalue weighted by Crippen LogP contribution is -2.23. The lowest BCUT2D eigenvalue weighted by molar-refractivity contribution is 0.0948. The molecule has 1 heterocycles. The van der Waals surface area contributed by atoms with Gasteiger partial charge in [-0.25, -0.2) is 0 Å². The lowest BCUT2D eigenvalue weighted by Gasteiger charge is -2.10. The molecule has 0 saturated heterocycles. The van der Waals surface area contributed by atoms with Crippen molar-refractivity contribution in [3.8, 4) is 0 Å². The quantitative estimate of drug-likeness (QED) is 0.707. The van der Waals surface area contributed by atoms with Crippen LogP contribution in [0.25, 0.3) is 0 Å². The Morgan fingerprint density at radius 1 is 0.923 bits per heavy atom. The second kappa shape index (κ2) is 8.16. The fourth-order valence-corrected chi connectivity index (χ4v) is 2.63. The highest BCUT2D eigenvalue weighted by molar-refractivity contribution is 6.06. The van der Waals surface area contributed by atoms with Crippen LogP contribution in [0.1, 0.15) is 39.0 Å². The van der Waals surface area contributed by atoms with Crippen molar-refractivity contribution in [2.75, 3.05) is 5.32 Å². The van der Waals surface area contributed by atoms with Gasteiger partial charge >= 0.3 is 0 Å². The predicted molar refractivity (Wildman–Crippen MR) is 100 cm³/mol. The van der Waals surface area contributed by atoms with E-state index < -0.39 is 0 Å². The van der Waals surface area contributed by atoms with Crippen LogP contribution in [-0.4, -0.2) is 11.8 Å². The van der Waals surface area contributed by atoms with E-state index in [0.717, 1.165) is 17.7 Å². The maximum absolute atomic E-state index is 12.5. The molecule has 0 fully saturated rings. The fraction of sp³-hybridized carbons (Fsp3) is 0.143. The summed E-state index contributed by atoms with van der Waals surface area (Å²) in [6, 6.07) is 17.9. The van der Waals surface area contributed by atoms with E-state index in [0.29, 0.717) is 23.4 Å². The third kappa shape index (κ3) is 4.19. The summed E-state index contributed by atoms with van der Waals surface area (Å²) in [5.74, 6) is 0.167. The molecular weight excluding hydrogens is 328 g/mol. The first-order chi connectivity index (χ1) is 12.7. The number of anilines is 1. The van der Waals surface area contributed by atoms with E-state index in [-0.39, 0.29) is 11.8 Å². The Balaban J connectivity index is 1.69. The van der Waals surface area contributed by atoms with Crippen LogP contribution in [0.3, 0.4) is 0 Å². The maximum Gasteiger partial charge on any atom is 0.255 e. The molecule has 3 rings (SSSR count). The Kier molecular flexibility index (Phi) is 5.49. The highest BCUT2D eigenvalue weighted by Gasteiger charge is 2.12. The summed E-state index contributed by atoms with van der Waals surface area (Å²) in [6.45, 7) is 2.33. The number of furan rings is 1. The van der Waals surface area contributed by atoms with Crippen LogP contribution in [0.4, 0.5) is 5.69 Å². The monoisotopic (exact) mass is 348 g/mol. The van der Waals surface area contributed by atoms with Gasteiger partial charge in [0, 0.05) is 16.8 Å². The number of nitrogens with one attached hydrogen (secondary N) is 2. The molecular formula is C21H20N2O3. The average molecular weight is 348 g/mol. The molecule has 5 nitrogen and oxygen atoms in total. The summed E-state index contributed by atoms with van der Waals surface area (Å²) < 4.78 is 5.19. The van der Waals surface area contributed by atoms with Crippen LogP contribution in [-0.2, 0) is 13.0 Å². The summed E-state index contributed by atoms with van der Waals surface area (Å²) in [5.41, 5.74) is 2.70. The normalized spacial score (nSPS) is 10.3. The summed E-state index contributed by atoms with van der Waals surface area (Å²) in [7, 11) is 0. The van der Waals surface area contributed by atoms with E-state index in [1.165, 1.54) is 0 Å². The minimum Gasteiger partial charge on any atom is -0.467 e. The SMILES string of the molecule is CCc1ccccc1NC(=O)c1cccc(C(=O)NCc2ccco2)c1. The third-order valence-electron chi connectivity index (χ3n) is 4.04. The van der Waals surface area contributed by atoms with Gasteiger partial charge in [0.15, 0.2) is 0 Å². The molecule has 0 atom stereocenters. The van der Waals surface area contributed by atoms with Crippen molar-refractivity contribution in [2.24, 2.45) is 0 Å². The number of benzene rings is 2. The first-order valence-electron chi connectivity index (χ1n) is 8.47. The van der Waals surface area contributed by atoms with E-state index in [9.17, 15) is 9.59 Å². The molecule has 2 N–H and O–H groups in total. The molecule has 0 spiro atoms. The van der Waals surface area contributed by atoms with Crippen molar-refractivity contribution in [3.05, 3.63) is 89.4 Å². The van der Waals surface area contributed by atoms with Crippen molar-refractivity contribution in [1.29, 1.82) is 0 Å². The number of carbonyl (C=O) groups is 2. The van der Waals surface area contributed by atoms with Gasteiger partial charge in [-0.1, -0.05) is 31.2 Å². The number of carbonyl (C=O) groups excluding carboxylic acids is 2. The first-order valence-corrected chi connectivity index (χ1v) is 8.47. The van der Waals surface area contributed by atoms with Crippen LogP contribution in [0.5, 0.6) is 0 Å². The Labute approximate surface area is 152 Å². The number of aryl methyl sites for hydroxylation is 1. The minimum atomic E-state index is -0.259. The number of para-hydroxylation sites is 1. The van der Waals surface area contributed by atoms with Gasteiger partial charge in [-0.3, -0.25) is 9.59 Å². The van der Waals surface area contributed by atoms with Gasteiger partial charge in [-0.05, 0) is 48.4 Å². The van der Waals surface area contributed by atoms with Crippen molar-refractivity contribution in [2.45, 2.75) is 19.9 Å². The van der Waals surface area contributed by atoms with Crippen molar-refractivity contribution in [1.82, 2.24) is 5.32 Å². The van der Waals surface area contributed by atoms with Crippen LogP contribution in [0.2, 0.25) is 0 Å². The Bertz CT molecular complexity index is 901. The third-order valence-corrected chi connectivity index (χ3v) is 4.04. The van der Waals surface area contributed by atoms with Gasteiger partial charge in [0.25, 0.3) is 11.8 Å². The Morgan fingerprint density at radius 3 is 2.42 bits per heavy atom. The molecule has 0 saturated carbocycles. The van der Waals surface area contributed by atoms with Crippen molar-refractivity contribution < 1.29 is 14.0 Å². The zero-order valence-electron chi connectivity index (χ0n) is 14.5. The molecule has 0 aliphatic carbocycles. The minimum absolute atomic E-state index is 0.244. The smallest absolute Gasteiger partial charge is 0.255 e. The summed E-state index contributed by atoms with van der Waals surface area (Å²) in [4.78, 5) is 24.8. The molecule has 26 heavy (non-hydrogen) atoms. The zero-order chi connectivity index (χ0) is 18.4. The Hall–Kier alpha value is -3.34. The van der Waals surface area contributed by atoms with Gasteiger partial charge in [0.05, 0.1) is 12.8 Å². The molecule has 0 radical (unpaired) electrons. The topological polar surface area (TPSA) is 71.3 Å². The molecule has 2 amide bonds. The van der Waals surface area contributed by atoms with E-state index in [4.69, 9.17) is 4.42 Å². The average Bonchev–Trinajstić information content (AvgIpc) is 3.20. The second-order valence-corrected chi connectivity index (χ2v) is 5.81. The van der Waals surface area contributed by atoms with Gasteiger partial charge in [-0.2, -0.15) is 0 Å². The predicted octanol–water partition coefficient (Wildman–Crippen LogP) is 4.02. The molecule has 0 bridgehead atoms. The van der Waals surface area contributed by atoms with Crippen LogP contribution in [0, 0.1) is 0 Å². The van der Waals surface area contributed by atoms with Gasteiger partial charge < -0.3 is 15.1 Å².